The fourth-order valence-electron chi connectivity index (χ4n) is 1.45. The molecule has 0 aliphatic carbocycles. The minimum Gasteiger partial charge on any atom is -0.289 e. The SMILES string of the molecule is CCn1ccc(/C=C/C(=O)c2cnn(C)c2)n1. The lowest BCUT2D eigenvalue weighted by Crippen LogP contribution is -1.94. The van der Waals surface area contributed by atoms with E-state index in [-0.39, 0.29) is 5.78 Å². The van der Waals surface area contributed by atoms with Gasteiger partial charge in [-0.1, -0.05) is 0 Å². The first-order chi connectivity index (χ1) is 8.19. The first-order valence-electron chi connectivity index (χ1n) is 5.43. The molecule has 0 atom stereocenters. The first-order valence-corrected chi connectivity index (χ1v) is 5.43. The number of aromatic nitrogens is 4. The van der Waals surface area contributed by atoms with Crippen molar-refractivity contribution in [2.45, 2.75) is 13.5 Å². The maximum absolute atomic E-state index is 11.7. The Balaban J connectivity index is 2.08. The van der Waals surface area contributed by atoms with Gasteiger partial charge in [0.25, 0.3) is 0 Å². The summed E-state index contributed by atoms with van der Waals surface area (Å²) in [5, 5.41) is 8.21. The highest BCUT2D eigenvalue weighted by Gasteiger charge is 2.03. The Morgan fingerprint density at radius 2 is 2.35 bits per heavy atom. The third-order valence-electron chi connectivity index (χ3n) is 2.38. The van der Waals surface area contributed by atoms with Gasteiger partial charge in [0.1, 0.15) is 0 Å². The second kappa shape index (κ2) is 4.78. The molecule has 0 amide bonds. The van der Waals surface area contributed by atoms with E-state index in [1.165, 1.54) is 6.08 Å². The zero-order valence-electron chi connectivity index (χ0n) is 9.87. The van der Waals surface area contributed by atoms with E-state index in [0.29, 0.717) is 5.56 Å². The smallest absolute Gasteiger partial charge is 0.189 e. The molecule has 88 valence electrons. The summed E-state index contributed by atoms with van der Waals surface area (Å²) in [4.78, 5) is 11.7. The van der Waals surface area contributed by atoms with Crippen LogP contribution in [0.4, 0.5) is 0 Å². The molecule has 5 heteroatoms. The molecule has 0 saturated carbocycles. The van der Waals surface area contributed by atoms with E-state index in [4.69, 9.17) is 0 Å². The molecule has 2 aromatic heterocycles. The fourth-order valence-corrected chi connectivity index (χ4v) is 1.45. The van der Waals surface area contributed by atoms with Crippen LogP contribution < -0.4 is 0 Å². The third-order valence-corrected chi connectivity index (χ3v) is 2.38. The van der Waals surface area contributed by atoms with Gasteiger partial charge in [0.15, 0.2) is 5.78 Å². The molecule has 0 fully saturated rings. The van der Waals surface area contributed by atoms with Crippen molar-refractivity contribution < 1.29 is 4.79 Å². The number of nitrogens with zero attached hydrogens (tertiary/aromatic N) is 4. The molecule has 2 heterocycles. The summed E-state index contributed by atoms with van der Waals surface area (Å²) in [5.41, 5.74) is 1.36. The molecule has 0 radical (unpaired) electrons. The molecule has 0 aliphatic rings. The van der Waals surface area contributed by atoms with Gasteiger partial charge in [-0.3, -0.25) is 14.2 Å². The maximum Gasteiger partial charge on any atom is 0.189 e. The zero-order chi connectivity index (χ0) is 12.3. The Morgan fingerprint density at radius 1 is 1.53 bits per heavy atom. The lowest BCUT2D eigenvalue weighted by Gasteiger charge is -1.90. The van der Waals surface area contributed by atoms with Crippen molar-refractivity contribution in [3.63, 3.8) is 0 Å². The molecule has 2 rings (SSSR count). The highest BCUT2D eigenvalue weighted by atomic mass is 16.1. The molecule has 0 bridgehead atoms. The summed E-state index contributed by atoms with van der Waals surface area (Å²) in [6.07, 6.45) is 8.35. The van der Waals surface area contributed by atoms with Gasteiger partial charge in [0.05, 0.1) is 17.5 Å². The third kappa shape index (κ3) is 2.69. The number of carbonyl (C=O) groups excluding carboxylic acids is 1. The second-order valence-corrected chi connectivity index (χ2v) is 3.70. The quantitative estimate of drug-likeness (QED) is 0.591. The van der Waals surface area contributed by atoms with Gasteiger partial charge in [-0.05, 0) is 25.1 Å². The number of ketones is 1. The van der Waals surface area contributed by atoms with E-state index in [0.717, 1.165) is 12.2 Å². The maximum atomic E-state index is 11.7. The van der Waals surface area contributed by atoms with E-state index in [1.54, 1.807) is 30.2 Å². The van der Waals surface area contributed by atoms with Gasteiger partial charge in [-0.25, -0.2) is 0 Å². The van der Waals surface area contributed by atoms with Crippen molar-refractivity contribution in [1.82, 2.24) is 19.6 Å². The number of aryl methyl sites for hydroxylation is 2. The van der Waals surface area contributed by atoms with Crippen molar-refractivity contribution in [3.8, 4) is 0 Å². The van der Waals surface area contributed by atoms with Crippen molar-refractivity contribution in [2.24, 2.45) is 7.05 Å². The van der Waals surface area contributed by atoms with E-state index in [1.807, 2.05) is 23.9 Å². The summed E-state index contributed by atoms with van der Waals surface area (Å²) < 4.78 is 3.42. The van der Waals surface area contributed by atoms with Crippen LogP contribution in [0.3, 0.4) is 0 Å². The van der Waals surface area contributed by atoms with Crippen LogP contribution >= 0.6 is 0 Å². The normalized spacial score (nSPS) is 11.2. The molecule has 0 aromatic carbocycles. The van der Waals surface area contributed by atoms with Crippen molar-refractivity contribution in [1.29, 1.82) is 0 Å². The summed E-state index contributed by atoms with van der Waals surface area (Å²) in [5.74, 6) is -0.0656. The van der Waals surface area contributed by atoms with Crippen molar-refractivity contribution in [3.05, 3.63) is 42.0 Å². The standard InChI is InChI=1S/C12H14N4O/c1-3-16-7-6-11(14-16)4-5-12(17)10-8-13-15(2)9-10/h4-9H,3H2,1-2H3/b5-4+. The first kappa shape index (κ1) is 11.3. The predicted molar refractivity (Wildman–Crippen MR) is 64.5 cm³/mol. The molecule has 5 nitrogen and oxygen atoms in total. The summed E-state index contributed by atoms with van der Waals surface area (Å²) in [7, 11) is 1.78. The fraction of sp³-hybridized carbons (Fsp3) is 0.250. The average Bonchev–Trinajstić information content (AvgIpc) is 2.94. The van der Waals surface area contributed by atoms with E-state index < -0.39 is 0 Å². The van der Waals surface area contributed by atoms with Crippen LogP contribution in [-0.2, 0) is 13.6 Å². The van der Waals surface area contributed by atoms with Crippen LogP contribution in [0, 0.1) is 0 Å². The molecule has 0 aliphatic heterocycles. The van der Waals surface area contributed by atoms with Crippen LogP contribution in [0.2, 0.25) is 0 Å². The monoisotopic (exact) mass is 230 g/mol. The van der Waals surface area contributed by atoms with Crippen molar-refractivity contribution >= 4 is 11.9 Å². The van der Waals surface area contributed by atoms with Crippen LogP contribution in [0.1, 0.15) is 23.0 Å². The largest absolute Gasteiger partial charge is 0.289 e. The highest BCUT2D eigenvalue weighted by molar-refractivity contribution is 6.06. The van der Waals surface area contributed by atoms with Gasteiger partial charge in [-0.15, -0.1) is 0 Å². The zero-order valence-corrected chi connectivity index (χ0v) is 9.87. The van der Waals surface area contributed by atoms with Gasteiger partial charge in [-0.2, -0.15) is 10.2 Å². The molecular weight excluding hydrogens is 216 g/mol. The number of hydrogen-bond donors (Lipinski definition) is 0. The number of hydrogen-bond acceptors (Lipinski definition) is 3. The van der Waals surface area contributed by atoms with Crippen LogP contribution in [0.5, 0.6) is 0 Å². The number of allylic oxidation sites excluding steroid dienone is 1. The molecule has 0 spiro atoms. The Kier molecular flexibility index (Phi) is 3.18. The number of carbonyl (C=O) groups is 1. The van der Waals surface area contributed by atoms with Crippen molar-refractivity contribution in [2.75, 3.05) is 0 Å². The molecule has 0 unspecified atom stereocenters. The molecule has 17 heavy (non-hydrogen) atoms. The van der Waals surface area contributed by atoms with Crippen LogP contribution in [0.25, 0.3) is 6.08 Å². The lowest BCUT2D eigenvalue weighted by atomic mass is 10.2. The minimum atomic E-state index is -0.0656. The van der Waals surface area contributed by atoms with Gasteiger partial charge in [0, 0.05) is 26.0 Å². The lowest BCUT2D eigenvalue weighted by molar-refractivity contribution is 0.104. The second-order valence-electron chi connectivity index (χ2n) is 3.70. The topological polar surface area (TPSA) is 52.7 Å². The van der Waals surface area contributed by atoms with E-state index >= 15 is 0 Å². The predicted octanol–water partition coefficient (Wildman–Crippen LogP) is 1.53. The highest BCUT2D eigenvalue weighted by Crippen LogP contribution is 2.03. The van der Waals surface area contributed by atoms with E-state index in [2.05, 4.69) is 10.2 Å². The van der Waals surface area contributed by atoms with Crippen LogP contribution in [0.15, 0.2) is 30.7 Å². The van der Waals surface area contributed by atoms with Crippen LogP contribution in [-0.4, -0.2) is 25.3 Å². The Labute approximate surface area is 99.4 Å². The van der Waals surface area contributed by atoms with Gasteiger partial charge < -0.3 is 0 Å². The summed E-state index contributed by atoms with van der Waals surface area (Å²) in [6, 6.07) is 1.87. The molecular formula is C12H14N4O. The number of rotatable bonds is 4. The van der Waals surface area contributed by atoms with E-state index in [9.17, 15) is 4.79 Å². The summed E-state index contributed by atoms with van der Waals surface area (Å²) in [6.45, 7) is 2.84. The molecule has 0 N–H and O–H groups in total. The van der Waals surface area contributed by atoms with Gasteiger partial charge in [0.2, 0.25) is 0 Å². The molecule has 0 saturated heterocycles. The Bertz CT molecular complexity index is 550. The summed E-state index contributed by atoms with van der Waals surface area (Å²) >= 11 is 0. The average molecular weight is 230 g/mol. The Morgan fingerprint density at radius 3 is 2.94 bits per heavy atom. The molecule has 2 aromatic rings. The van der Waals surface area contributed by atoms with Gasteiger partial charge >= 0.3 is 0 Å². The minimum absolute atomic E-state index is 0.0656. The Hall–Kier alpha value is -2.17.